The van der Waals surface area contributed by atoms with Gasteiger partial charge in [0.05, 0.1) is 30.1 Å². The molecule has 0 N–H and O–H groups in total. The quantitative estimate of drug-likeness (QED) is 0.208. The predicted octanol–water partition coefficient (Wildman–Crippen LogP) is 6.77. The number of ether oxygens (including phenoxy) is 4. The first-order valence-electron chi connectivity index (χ1n) is 16.9. The number of carbonyl (C=O) groups excluding carboxylic acids is 1. The normalized spacial score (nSPS) is 22.0. The van der Waals surface area contributed by atoms with Crippen LogP contribution >= 0.6 is 11.3 Å². The van der Waals surface area contributed by atoms with E-state index in [-0.39, 0.29) is 23.7 Å². The molecule has 13 heteroatoms. The van der Waals surface area contributed by atoms with E-state index in [0.29, 0.717) is 69.3 Å². The van der Waals surface area contributed by atoms with Gasteiger partial charge >= 0.3 is 12.1 Å². The van der Waals surface area contributed by atoms with Crippen LogP contribution < -0.4 is 19.1 Å². The summed E-state index contributed by atoms with van der Waals surface area (Å²) in [6.07, 6.45) is 6.07. The topological polar surface area (TPSA) is 102 Å². The summed E-state index contributed by atoms with van der Waals surface area (Å²) in [5, 5.41) is 1.31. The Morgan fingerprint density at radius 1 is 1.06 bits per heavy atom. The number of halogens is 1. The maximum absolute atomic E-state index is 15.1. The van der Waals surface area contributed by atoms with Crippen LogP contribution in [-0.4, -0.2) is 94.0 Å². The Morgan fingerprint density at radius 2 is 1.81 bits per heavy atom. The lowest BCUT2D eigenvalue weighted by Gasteiger charge is -2.41. The van der Waals surface area contributed by atoms with Crippen molar-refractivity contribution in [3.8, 4) is 22.7 Å². The number of fused-ring (bicyclic) bond motifs is 5. The second-order valence-electron chi connectivity index (χ2n) is 14.4. The van der Waals surface area contributed by atoms with Gasteiger partial charge in [-0.25, -0.2) is 9.18 Å². The molecule has 0 aliphatic carbocycles. The van der Waals surface area contributed by atoms with Crippen LogP contribution in [0.5, 0.6) is 22.7 Å². The molecule has 2 bridgehead atoms. The molecule has 4 fully saturated rings. The van der Waals surface area contributed by atoms with Crippen molar-refractivity contribution in [1.82, 2.24) is 24.8 Å². The standard InChI is InChI=1S/C35H41FN6O5S/c1-34(2,3)47-33(43)42-22-10-11-23(42)19-40(18-22)29-28-30(39-31(38-29)45-20-35-12-6-14-41(35)15-7-13-35)48-32(37-28)46-26-17-24(44-4)16-21-8-5-9-25(36)27(21)26/h5,8-9,16-17,22-23H,6-7,10-15,18-20H2,1-4H3/t22-,23+. The fraction of sp³-hybridized carbons (Fsp3) is 0.543. The van der Waals surface area contributed by atoms with E-state index < -0.39 is 11.4 Å². The zero-order valence-corrected chi connectivity index (χ0v) is 28.6. The summed E-state index contributed by atoms with van der Waals surface area (Å²) in [7, 11) is 1.57. The molecule has 4 saturated heterocycles. The van der Waals surface area contributed by atoms with Crippen molar-refractivity contribution in [2.45, 2.75) is 82.5 Å². The van der Waals surface area contributed by atoms with E-state index in [2.05, 4.69) is 9.80 Å². The van der Waals surface area contributed by atoms with Crippen LogP contribution in [0, 0.1) is 5.82 Å². The van der Waals surface area contributed by atoms with Crippen molar-refractivity contribution in [3.63, 3.8) is 0 Å². The van der Waals surface area contributed by atoms with Gasteiger partial charge in [-0.3, -0.25) is 9.80 Å². The number of nitrogens with zero attached hydrogens (tertiary/aromatic N) is 6. The Kier molecular flexibility index (Phi) is 7.74. The maximum atomic E-state index is 15.1. The molecule has 2 atom stereocenters. The molecular formula is C35H41FN6O5S. The molecule has 0 radical (unpaired) electrons. The van der Waals surface area contributed by atoms with Crippen molar-refractivity contribution in [1.29, 1.82) is 0 Å². The largest absolute Gasteiger partial charge is 0.497 e. The molecule has 254 valence electrons. The van der Waals surface area contributed by atoms with Crippen LogP contribution in [0.3, 0.4) is 0 Å². The average molecular weight is 677 g/mol. The molecule has 2 aromatic heterocycles. The van der Waals surface area contributed by atoms with Crippen molar-refractivity contribution < 1.29 is 28.1 Å². The Balaban J connectivity index is 1.14. The molecule has 4 aliphatic rings. The van der Waals surface area contributed by atoms with E-state index in [1.165, 1.54) is 30.2 Å². The molecule has 0 spiro atoms. The minimum absolute atomic E-state index is 0.0158. The second-order valence-corrected chi connectivity index (χ2v) is 15.4. The lowest BCUT2D eigenvalue weighted by atomic mass is 9.95. The fourth-order valence-corrected chi connectivity index (χ4v) is 8.85. The van der Waals surface area contributed by atoms with Crippen molar-refractivity contribution >= 4 is 44.4 Å². The van der Waals surface area contributed by atoms with Gasteiger partial charge in [0.1, 0.15) is 35.0 Å². The van der Waals surface area contributed by atoms with E-state index in [1.54, 1.807) is 25.3 Å². The first kappa shape index (κ1) is 31.3. The molecule has 8 rings (SSSR count). The molecule has 2 aromatic carbocycles. The van der Waals surface area contributed by atoms with Gasteiger partial charge in [-0.2, -0.15) is 15.0 Å². The Morgan fingerprint density at radius 3 is 2.52 bits per heavy atom. The summed E-state index contributed by atoms with van der Waals surface area (Å²) in [5.74, 6) is 1.10. The number of aromatic nitrogens is 3. The maximum Gasteiger partial charge on any atom is 0.410 e. The number of anilines is 1. The van der Waals surface area contributed by atoms with Crippen LogP contribution in [0.25, 0.3) is 21.1 Å². The number of piperazine rings is 1. The van der Waals surface area contributed by atoms with Gasteiger partial charge in [-0.15, -0.1) is 0 Å². The van der Waals surface area contributed by atoms with Crippen molar-refractivity contribution in [3.05, 3.63) is 36.1 Å². The Hall–Kier alpha value is -3.97. The summed E-state index contributed by atoms with van der Waals surface area (Å²) in [5.41, 5.74) is 0.0537. The number of hydrogen-bond acceptors (Lipinski definition) is 11. The summed E-state index contributed by atoms with van der Waals surface area (Å²) in [6.45, 7) is 9.58. The molecule has 0 saturated carbocycles. The predicted molar refractivity (Wildman–Crippen MR) is 181 cm³/mol. The Labute approximate surface area is 282 Å². The molecule has 4 aromatic rings. The highest BCUT2D eigenvalue weighted by Crippen LogP contribution is 2.43. The average Bonchev–Trinajstić information content (AvgIpc) is 3.80. The van der Waals surface area contributed by atoms with Gasteiger partial charge in [-0.1, -0.05) is 23.5 Å². The van der Waals surface area contributed by atoms with Crippen molar-refractivity contribution in [2.75, 3.05) is 44.8 Å². The summed E-state index contributed by atoms with van der Waals surface area (Å²) < 4.78 is 39.1. The van der Waals surface area contributed by atoms with Gasteiger partial charge in [0.2, 0.25) is 0 Å². The fourth-order valence-electron chi connectivity index (χ4n) is 8.06. The number of benzene rings is 2. The molecule has 48 heavy (non-hydrogen) atoms. The van der Waals surface area contributed by atoms with E-state index in [9.17, 15) is 4.79 Å². The first-order valence-corrected chi connectivity index (χ1v) is 17.7. The number of methoxy groups -OCH3 is 1. The number of amides is 1. The van der Waals surface area contributed by atoms with Gasteiger partial charge in [0, 0.05) is 19.2 Å². The van der Waals surface area contributed by atoms with E-state index >= 15 is 4.39 Å². The van der Waals surface area contributed by atoms with Gasteiger partial charge in [0.15, 0.2) is 10.6 Å². The molecule has 0 unspecified atom stereocenters. The minimum atomic E-state index is -0.569. The minimum Gasteiger partial charge on any atom is -0.497 e. The molecule has 11 nitrogen and oxygen atoms in total. The summed E-state index contributed by atoms with van der Waals surface area (Å²) >= 11 is 1.27. The summed E-state index contributed by atoms with van der Waals surface area (Å²) in [4.78, 5) is 35.2. The third-order valence-corrected chi connectivity index (χ3v) is 11.0. The van der Waals surface area contributed by atoms with Crippen LogP contribution in [0.15, 0.2) is 30.3 Å². The monoisotopic (exact) mass is 676 g/mol. The zero-order chi connectivity index (χ0) is 33.2. The molecule has 6 heterocycles. The van der Waals surface area contributed by atoms with Gasteiger partial charge in [-0.05, 0) is 89.9 Å². The molecule has 1 amide bonds. The van der Waals surface area contributed by atoms with E-state index in [0.717, 1.165) is 38.8 Å². The number of hydrogen-bond donors (Lipinski definition) is 0. The third-order valence-electron chi connectivity index (χ3n) is 10.2. The smallest absolute Gasteiger partial charge is 0.410 e. The highest BCUT2D eigenvalue weighted by molar-refractivity contribution is 7.19. The van der Waals surface area contributed by atoms with Crippen LogP contribution in [0.2, 0.25) is 0 Å². The van der Waals surface area contributed by atoms with E-state index in [4.69, 9.17) is 33.9 Å². The summed E-state index contributed by atoms with van der Waals surface area (Å²) in [6, 6.07) is 8.61. The van der Waals surface area contributed by atoms with Crippen LogP contribution in [-0.2, 0) is 4.74 Å². The van der Waals surface area contributed by atoms with E-state index in [1.807, 2.05) is 31.7 Å². The zero-order valence-electron chi connectivity index (χ0n) is 27.8. The lowest BCUT2D eigenvalue weighted by Crippen LogP contribution is -2.57. The third kappa shape index (κ3) is 5.64. The second kappa shape index (κ2) is 11.9. The number of thiazole rings is 1. The van der Waals surface area contributed by atoms with Crippen LogP contribution in [0.4, 0.5) is 15.0 Å². The van der Waals surface area contributed by atoms with Gasteiger partial charge in [0.25, 0.3) is 5.19 Å². The van der Waals surface area contributed by atoms with Gasteiger partial charge < -0.3 is 23.8 Å². The SMILES string of the molecule is COc1cc(Oc2nc3c(N4C[C@H]5CC[C@@H](C4)N5C(=O)OC(C)(C)C)nc(OCC45CCCN4CCC5)nc3s2)c2c(F)cccc2c1. The first-order chi connectivity index (χ1) is 23.1. The highest BCUT2D eigenvalue weighted by Gasteiger charge is 2.46. The molecular weight excluding hydrogens is 635 g/mol. The highest BCUT2D eigenvalue weighted by atomic mass is 32.1. The van der Waals surface area contributed by atoms with Crippen molar-refractivity contribution in [2.24, 2.45) is 0 Å². The lowest BCUT2D eigenvalue weighted by molar-refractivity contribution is 0.0122. The molecule has 4 aliphatic heterocycles. The number of carbonyl (C=O) groups is 1. The number of rotatable bonds is 7. The van der Waals surface area contributed by atoms with Crippen LogP contribution in [0.1, 0.15) is 59.3 Å². The Bertz CT molecular complexity index is 1860.